The van der Waals surface area contributed by atoms with E-state index in [-0.39, 0.29) is 65.2 Å². The van der Waals surface area contributed by atoms with E-state index in [9.17, 15) is 35.4 Å². The van der Waals surface area contributed by atoms with Crippen LogP contribution in [0, 0.1) is 56.2 Å². The topological polar surface area (TPSA) is 166 Å². The second kappa shape index (κ2) is 13.6. The van der Waals surface area contributed by atoms with Gasteiger partial charge in [0.15, 0.2) is 6.29 Å². The van der Waals surface area contributed by atoms with E-state index in [0.29, 0.717) is 32.3 Å². The van der Waals surface area contributed by atoms with Gasteiger partial charge in [-0.15, -0.1) is 0 Å². The number of allylic oxidation sites excluding steroid dienone is 2. The molecule has 300 valence electrons. The molecule has 0 spiro atoms. The van der Waals surface area contributed by atoms with E-state index in [2.05, 4.69) is 33.8 Å². The highest BCUT2D eigenvalue weighted by Crippen LogP contribution is 2.79. The lowest BCUT2D eigenvalue weighted by molar-refractivity contribution is -0.336. The van der Waals surface area contributed by atoms with Crippen LogP contribution in [0.2, 0.25) is 0 Å². The maximum atomic E-state index is 13.3. The molecule has 1 heterocycles. The summed E-state index contributed by atoms with van der Waals surface area (Å²) >= 11 is 0. The first-order valence-electron chi connectivity index (χ1n) is 20.8. The largest absolute Gasteiger partial charge is 0.481 e. The van der Waals surface area contributed by atoms with Crippen LogP contribution in [0.15, 0.2) is 42.0 Å². The smallest absolute Gasteiger partial charge is 0.310 e. The summed E-state index contributed by atoms with van der Waals surface area (Å²) in [6, 6.07) is 10.0. The van der Waals surface area contributed by atoms with Crippen LogP contribution in [-0.4, -0.2) is 93.2 Å². The molecule has 10 nitrogen and oxygen atoms in total. The van der Waals surface area contributed by atoms with Crippen molar-refractivity contribution in [3.8, 4) is 0 Å². The number of fused-ring (bicyclic) bond motifs is 4. The van der Waals surface area contributed by atoms with Gasteiger partial charge in [-0.25, -0.2) is 0 Å². The molecule has 6 N–H and O–H groups in total. The minimum atomic E-state index is -1.47. The van der Waals surface area contributed by atoms with Crippen molar-refractivity contribution in [3.05, 3.63) is 47.5 Å². The Labute approximate surface area is 320 Å². The van der Waals surface area contributed by atoms with Gasteiger partial charge in [-0.3, -0.25) is 4.79 Å². The Balaban J connectivity index is 1.21. The molecule has 1 aliphatic heterocycles. The predicted molar refractivity (Wildman–Crippen MR) is 200 cm³/mol. The van der Waals surface area contributed by atoms with Crippen LogP contribution in [0.4, 0.5) is 0 Å². The highest BCUT2D eigenvalue weighted by Gasteiger charge is 2.74. The zero-order valence-electron chi connectivity index (χ0n) is 32.7. The van der Waals surface area contributed by atoms with Crippen molar-refractivity contribution in [2.75, 3.05) is 19.8 Å². The molecule has 8 rings (SSSR count). The maximum absolute atomic E-state index is 13.3. The Morgan fingerprint density at radius 3 is 2.33 bits per heavy atom. The monoisotopic (exact) mass is 752 g/mol. The van der Waals surface area contributed by atoms with Gasteiger partial charge < -0.3 is 44.8 Å². The summed E-state index contributed by atoms with van der Waals surface area (Å²) < 4.78 is 19.4. The molecular formula is C44H64O10. The first-order valence-corrected chi connectivity index (χ1v) is 20.8. The number of rotatable bonds is 8. The summed E-state index contributed by atoms with van der Waals surface area (Å²) in [5.74, 6) is -0.218. The van der Waals surface area contributed by atoms with Crippen molar-refractivity contribution in [1.82, 2.24) is 0 Å². The van der Waals surface area contributed by atoms with Gasteiger partial charge in [0.25, 0.3) is 0 Å². The van der Waals surface area contributed by atoms with Crippen molar-refractivity contribution in [1.29, 1.82) is 0 Å². The number of carbonyl (C=O) groups is 1. The molecule has 1 saturated heterocycles. The number of aliphatic hydroxyl groups excluding tert-OH is 5. The van der Waals surface area contributed by atoms with Crippen LogP contribution in [-0.2, 0) is 25.6 Å². The van der Waals surface area contributed by atoms with Gasteiger partial charge in [-0.2, -0.15) is 0 Å². The maximum Gasteiger partial charge on any atom is 0.310 e. The van der Waals surface area contributed by atoms with E-state index >= 15 is 0 Å². The molecule has 16 atom stereocenters. The Kier molecular flexibility index (Phi) is 9.82. The van der Waals surface area contributed by atoms with Gasteiger partial charge in [-0.1, -0.05) is 76.1 Å². The third-order valence-electron chi connectivity index (χ3n) is 17.3. The number of carboxylic acid groups (broad SMARTS) is 1. The van der Waals surface area contributed by atoms with Crippen molar-refractivity contribution < 1.29 is 49.6 Å². The van der Waals surface area contributed by atoms with Crippen molar-refractivity contribution in [2.45, 2.75) is 142 Å². The Morgan fingerprint density at radius 1 is 0.889 bits per heavy atom. The molecule has 1 aromatic rings. The number of ether oxygens (including phenoxy) is 3. The van der Waals surface area contributed by atoms with Crippen LogP contribution in [0.1, 0.15) is 104 Å². The number of carboxylic acids is 1. The van der Waals surface area contributed by atoms with E-state index in [1.807, 2.05) is 30.3 Å². The van der Waals surface area contributed by atoms with E-state index in [0.717, 1.165) is 50.5 Å². The number of benzene rings is 1. The fourth-order valence-corrected chi connectivity index (χ4v) is 14.5. The number of hydrogen-bond acceptors (Lipinski definition) is 9. The average Bonchev–Trinajstić information content (AvgIpc) is 3.16. The van der Waals surface area contributed by atoms with Crippen LogP contribution >= 0.6 is 0 Å². The average molecular weight is 753 g/mol. The zero-order valence-corrected chi connectivity index (χ0v) is 32.7. The van der Waals surface area contributed by atoms with Crippen LogP contribution in [0.25, 0.3) is 0 Å². The minimum absolute atomic E-state index is 0.0409. The second-order valence-electron chi connectivity index (χ2n) is 19.9. The fraction of sp³-hybridized carbons (Fsp3) is 0.795. The van der Waals surface area contributed by atoms with E-state index in [1.54, 1.807) is 0 Å². The van der Waals surface area contributed by atoms with Crippen molar-refractivity contribution in [2.24, 2.45) is 56.2 Å². The number of aliphatic carboxylic acids is 1. The molecule has 10 heteroatoms. The molecule has 2 bridgehead atoms. The molecule has 7 aliphatic rings. The number of hydrogen-bond donors (Lipinski definition) is 6. The SMILES string of the molecule is CC1(CO)CCC2(C(=O)O)CCC3(C)C(=CC4CCCC35CCC3C(C)(CO)C(OC6OCC(O)C(O)C6O)C(OCc6ccccc6)CC3(C)C45)C2C1. The lowest BCUT2D eigenvalue weighted by Gasteiger charge is -2.75. The van der Waals surface area contributed by atoms with Crippen molar-refractivity contribution >= 4 is 5.97 Å². The Morgan fingerprint density at radius 2 is 1.63 bits per heavy atom. The van der Waals surface area contributed by atoms with Crippen LogP contribution in [0.3, 0.4) is 0 Å². The van der Waals surface area contributed by atoms with E-state index in [4.69, 9.17) is 14.2 Å². The summed E-state index contributed by atoms with van der Waals surface area (Å²) in [6.45, 7) is 9.18. The highest BCUT2D eigenvalue weighted by atomic mass is 16.7. The Hall–Kier alpha value is -1.89. The minimum Gasteiger partial charge on any atom is -0.481 e. The molecule has 0 aromatic heterocycles. The van der Waals surface area contributed by atoms with Gasteiger partial charge >= 0.3 is 5.97 Å². The van der Waals surface area contributed by atoms with Gasteiger partial charge in [0.1, 0.15) is 18.3 Å². The number of aliphatic hydroxyl groups is 5. The van der Waals surface area contributed by atoms with Crippen LogP contribution in [0.5, 0.6) is 0 Å². The second-order valence-corrected chi connectivity index (χ2v) is 19.9. The van der Waals surface area contributed by atoms with Gasteiger partial charge in [0.2, 0.25) is 0 Å². The van der Waals surface area contributed by atoms with E-state index < -0.39 is 53.6 Å². The molecule has 16 unspecified atom stereocenters. The highest BCUT2D eigenvalue weighted by molar-refractivity contribution is 5.76. The third-order valence-corrected chi connectivity index (χ3v) is 17.3. The van der Waals surface area contributed by atoms with Gasteiger partial charge in [0.05, 0.1) is 37.4 Å². The van der Waals surface area contributed by atoms with Crippen molar-refractivity contribution in [3.63, 3.8) is 0 Å². The third kappa shape index (κ3) is 5.51. The molecule has 6 aliphatic carbocycles. The fourth-order valence-electron chi connectivity index (χ4n) is 14.5. The molecule has 54 heavy (non-hydrogen) atoms. The summed E-state index contributed by atoms with van der Waals surface area (Å²) in [4.78, 5) is 13.3. The first kappa shape index (κ1) is 39.0. The Bertz CT molecular complexity index is 1600. The quantitative estimate of drug-likeness (QED) is 0.153. The standard InChI is InChI=1S/C44H64O10/c1-39(24-45)15-17-43(38(50)51)18-16-42(4)28(29(43)20-39)19-27-11-8-13-44(42)14-12-32-40(2,35(27)44)21-31(52-22-26-9-6-5-7-10-26)36(41(32,3)25-46)54-37-34(49)33(48)30(47)23-53-37/h5-7,9-10,19,27,29-37,45-49H,8,11-18,20-25H2,1-4H3,(H,50,51). The normalized spacial score (nSPS) is 51.2. The molecule has 0 amide bonds. The summed E-state index contributed by atoms with van der Waals surface area (Å²) in [7, 11) is 0. The molecular weight excluding hydrogens is 688 g/mol. The molecule has 6 fully saturated rings. The zero-order chi connectivity index (χ0) is 38.5. The summed E-state index contributed by atoms with van der Waals surface area (Å²) in [5.41, 5.74) is -0.0524. The van der Waals surface area contributed by atoms with Crippen LogP contribution < -0.4 is 0 Å². The lowest BCUT2D eigenvalue weighted by atomic mass is 9.29. The van der Waals surface area contributed by atoms with Gasteiger partial charge in [0, 0.05) is 12.0 Å². The summed E-state index contributed by atoms with van der Waals surface area (Å²) in [6.07, 6.45) is 5.35. The first-order chi connectivity index (χ1) is 25.6. The predicted octanol–water partition coefficient (Wildman–Crippen LogP) is 5.23. The summed E-state index contributed by atoms with van der Waals surface area (Å²) in [5, 5.41) is 64.9. The lowest BCUT2D eigenvalue weighted by Crippen LogP contribution is -2.71. The molecule has 0 radical (unpaired) electrons. The molecule has 5 saturated carbocycles. The molecule has 1 aromatic carbocycles. The van der Waals surface area contributed by atoms with E-state index in [1.165, 1.54) is 5.57 Å². The van der Waals surface area contributed by atoms with Gasteiger partial charge in [-0.05, 0) is 115 Å².